The number of nitrogens with zero attached hydrogens (tertiary/aromatic N) is 2. The summed E-state index contributed by atoms with van der Waals surface area (Å²) in [5, 5.41) is 6.54. The van der Waals surface area contributed by atoms with Gasteiger partial charge < -0.3 is 4.42 Å². The number of para-hydroxylation sites is 4. The molecule has 0 amide bonds. The number of aromatic nitrogens is 2. The summed E-state index contributed by atoms with van der Waals surface area (Å²) in [5.74, 6) is 0.482. The van der Waals surface area contributed by atoms with Crippen LogP contribution in [0, 0.1) is 0 Å². The van der Waals surface area contributed by atoms with Gasteiger partial charge in [-0.15, -0.1) is 0 Å². The van der Waals surface area contributed by atoms with Crippen LogP contribution in [-0.4, -0.2) is 9.55 Å². The highest BCUT2D eigenvalue weighted by molar-refractivity contribution is 6.25. The second-order valence-electron chi connectivity index (χ2n) is 11.9. The highest BCUT2D eigenvalue weighted by Crippen LogP contribution is 2.47. The molecular weight excluding hydrogens is 585 g/mol. The molecule has 0 unspecified atom stereocenters. The molecule has 0 fully saturated rings. The van der Waals surface area contributed by atoms with E-state index in [4.69, 9.17) is 16.3 Å². The molecule has 0 atom stereocenters. The monoisotopic (exact) mass is 617 g/mol. The summed E-state index contributed by atoms with van der Waals surface area (Å²) >= 11 is 0. The molecule has 8 aromatic carbocycles. The van der Waals surface area contributed by atoms with Gasteiger partial charge in [-0.05, 0) is 86.2 Å². The van der Waals surface area contributed by atoms with E-state index in [1.54, 1.807) is 4.57 Å². The topological polar surface area (TPSA) is 31.0 Å². The number of benzene rings is 8. The molecule has 0 aliphatic rings. The summed E-state index contributed by atoms with van der Waals surface area (Å²) in [6, 6.07) is 45.3. The Morgan fingerprint density at radius 2 is 1.12 bits per heavy atom. The van der Waals surface area contributed by atoms with Gasteiger partial charge in [0.25, 0.3) is 0 Å². The van der Waals surface area contributed by atoms with Crippen LogP contribution in [0.25, 0.3) is 93.8 Å². The summed E-state index contributed by atoms with van der Waals surface area (Å²) in [6.45, 7) is 0. The number of hydrogen-bond acceptors (Lipinski definition) is 2. The van der Waals surface area contributed by atoms with Crippen molar-refractivity contribution in [3.05, 3.63) is 170 Å². The first-order valence-corrected chi connectivity index (χ1v) is 15.9. The Labute approximate surface area is 284 Å². The van der Waals surface area contributed by atoms with E-state index in [-0.39, 0.29) is 17.8 Å². The van der Waals surface area contributed by atoms with E-state index in [9.17, 15) is 0 Å². The van der Waals surface area contributed by atoms with Gasteiger partial charge in [-0.3, -0.25) is 4.57 Å². The Balaban J connectivity index is 1.26. The minimum atomic E-state index is -0.434. The number of rotatable bonds is 4. The summed E-state index contributed by atoms with van der Waals surface area (Å²) < 4.78 is 50.8. The summed E-state index contributed by atoms with van der Waals surface area (Å²) in [7, 11) is 0. The molecule has 48 heavy (non-hydrogen) atoms. The summed E-state index contributed by atoms with van der Waals surface area (Å²) in [4.78, 5) is 5.00. The molecule has 10 aromatic rings. The van der Waals surface area contributed by atoms with Crippen molar-refractivity contribution in [2.75, 3.05) is 0 Å². The van der Waals surface area contributed by atoms with E-state index in [0.29, 0.717) is 16.9 Å². The molecule has 0 bridgehead atoms. The quantitative estimate of drug-likeness (QED) is 0.184. The van der Waals surface area contributed by atoms with Gasteiger partial charge >= 0.3 is 0 Å². The second kappa shape index (κ2) is 10.5. The first-order chi connectivity index (χ1) is 25.9. The molecule has 3 heteroatoms. The SMILES string of the molecule is [2H]c1c([2H])c([2H])c(-n2c(-c3cccc(-c4c5ccccc5c(-c5cccc6oc7ccccc7c56)c5ccccc45)c3)nc3ccccc32)c([2H])c1[2H]. The predicted octanol–water partition coefficient (Wildman–Crippen LogP) is 12.2. The first-order valence-electron chi connectivity index (χ1n) is 18.4. The summed E-state index contributed by atoms with van der Waals surface area (Å²) in [6.07, 6.45) is 0. The van der Waals surface area contributed by atoms with Gasteiger partial charge in [0.05, 0.1) is 17.9 Å². The lowest BCUT2D eigenvalue weighted by Gasteiger charge is -2.18. The third kappa shape index (κ3) is 3.98. The van der Waals surface area contributed by atoms with E-state index in [1.165, 1.54) is 0 Å². The van der Waals surface area contributed by atoms with Crippen LogP contribution in [0.2, 0.25) is 0 Å². The third-order valence-electron chi connectivity index (χ3n) is 9.28. The lowest BCUT2D eigenvalue weighted by Crippen LogP contribution is -1.97. The van der Waals surface area contributed by atoms with Crippen molar-refractivity contribution >= 4 is 54.5 Å². The fourth-order valence-corrected chi connectivity index (χ4v) is 7.33. The van der Waals surface area contributed by atoms with Crippen molar-refractivity contribution in [1.29, 1.82) is 0 Å². The standard InChI is InChI=1S/C45H28N2O/c1-2-16-31(17-3-1)47-39-25-10-9-24-38(39)46-45(47)30-15-12-14-29(28-30)42-32-18-4-6-20-34(32)43(35-21-7-5-19-33(35)42)37-23-13-27-41-44(37)36-22-8-11-26-40(36)48-41/h1-28H/i1D,2D,3D,16D,17D. The predicted molar refractivity (Wildman–Crippen MR) is 200 cm³/mol. The van der Waals surface area contributed by atoms with Crippen LogP contribution in [0.15, 0.2) is 174 Å². The molecule has 2 aromatic heterocycles. The van der Waals surface area contributed by atoms with Crippen molar-refractivity contribution in [2.24, 2.45) is 0 Å². The molecule has 0 radical (unpaired) electrons. The maximum Gasteiger partial charge on any atom is 0.145 e. The largest absolute Gasteiger partial charge is 0.456 e. The van der Waals surface area contributed by atoms with E-state index < -0.39 is 18.1 Å². The molecule has 224 valence electrons. The number of hydrogen-bond donors (Lipinski definition) is 0. The molecule has 10 rings (SSSR count). The van der Waals surface area contributed by atoms with Gasteiger partial charge in [-0.2, -0.15) is 0 Å². The Morgan fingerprint density at radius 1 is 0.521 bits per heavy atom. The van der Waals surface area contributed by atoms with Crippen LogP contribution < -0.4 is 0 Å². The van der Waals surface area contributed by atoms with E-state index >= 15 is 0 Å². The van der Waals surface area contributed by atoms with Crippen LogP contribution in [0.5, 0.6) is 0 Å². The number of furan rings is 1. The average molecular weight is 618 g/mol. The minimum absolute atomic E-state index is 0.0614. The van der Waals surface area contributed by atoms with Crippen molar-refractivity contribution in [1.82, 2.24) is 9.55 Å². The van der Waals surface area contributed by atoms with Gasteiger partial charge in [0.1, 0.15) is 17.0 Å². The number of fused-ring (bicyclic) bond motifs is 6. The molecular formula is C45H28N2O. The van der Waals surface area contributed by atoms with Crippen LogP contribution in [-0.2, 0) is 0 Å². The van der Waals surface area contributed by atoms with Gasteiger partial charge in [0.2, 0.25) is 0 Å². The zero-order valence-electron chi connectivity index (χ0n) is 30.6. The fraction of sp³-hybridized carbons (Fsp3) is 0. The fourth-order valence-electron chi connectivity index (χ4n) is 7.33. The third-order valence-corrected chi connectivity index (χ3v) is 9.28. The molecule has 0 saturated carbocycles. The maximum atomic E-state index is 8.85. The van der Waals surface area contributed by atoms with Crippen molar-refractivity contribution < 1.29 is 11.3 Å². The minimum Gasteiger partial charge on any atom is -0.456 e. The molecule has 0 saturated heterocycles. The Hall–Kier alpha value is -6.45. The van der Waals surface area contributed by atoms with Gasteiger partial charge in [0.15, 0.2) is 0 Å². The highest BCUT2D eigenvalue weighted by atomic mass is 16.3. The Morgan fingerprint density at radius 3 is 1.90 bits per heavy atom. The Kier molecular flexibility index (Phi) is 4.86. The number of imidazole rings is 1. The van der Waals surface area contributed by atoms with Crippen molar-refractivity contribution in [3.8, 4) is 39.3 Å². The smallest absolute Gasteiger partial charge is 0.145 e. The molecule has 0 N–H and O–H groups in total. The van der Waals surface area contributed by atoms with E-state index in [1.807, 2.05) is 60.7 Å². The highest BCUT2D eigenvalue weighted by Gasteiger charge is 2.21. The van der Waals surface area contributed by atoms with E-state index in [2.05, 4.69) is 78.9 Å². The molecule has 0 aliphatic heterocycles. The van der Waals surface area contributed by atoms with Crippen LogP contribution in [0.3, 0.4) is 0 Å². The van der Waals surface area contributed by atoms with E-state index in [0.717, 1.165) is 71.3 Å². The summed E-state index contributed by atoms with van der Waals surface area (Å²) in [5.41, 5.74) is 8.08. The normalized spacial score (nSPS) is 13.2. The Bertz CT molecular complexity index is 3060. The zero-order valence-corrected chi connectivity index (χ0v) is 25.6. The van der Waals surface area contributed by atoms with Crippen molar-refractivity contribution in [2.45, 2.75) is 0 Å². The first kappa shape index (κ1) is 22.1. The molecule has 3 nitrogen and oxygen atoms in total. The zero-order chi connectivity index (χ0) is 36.0. The lowest BCUT2D eigenvalue weighted by molar-refractivity contribution is 0.669. The van der Waals surface area contributed by atoms with Crippen LogP contribution in [0.1, 0.15) is 6.85 Å². The van der Waals surface area contributed by atoms with Gasteiger partial charge in [-0.25, -0.2) is 4.98 Å². The van der Waals surface area contributed by atoms with Gasteiger partial charge in [0, 0.05) is 22.0 Å². The lowest BCUT2D eigenvalue weighted by atomic mass is 9.84. The van der Waals surface area contributed by atoms with Crippen LogP contribution >= 0.6 is 0 Å². The molecule has 0 spiro atoms. The van der Waals surface area contributed by atoms with Crippen molar-refractivity contribution in [3.63, 3.8) is 0 Å². The maximum absolute atomic E-state index is 8.85. The van der Waals surface area contributed by atoms with Gasteiger partial charge in [-0.1, -0.05) is 127 Å². The molecule has 0 aliphatic carbocycles. The van der Waals surface area contributed by atoms with Crippen LogP contribution in [0.4, 0.5) is 0 Å². The second-order valence-corrected chi connectivity index (χ2v) is 11.9. The average Bonchev–Trinajstić information content (AvgIpc) is 3.78. The molecule has 2 heterocycles.